The fraction of sp³-hybridized carbons (Fsp3) is 0.625. The fourth-order valence-corrected chi connectivity index (χ4v) is 1.88. The van der Waals surface area contributed by atoms with Crippen LogP contribution >= 0.6 is 0 Å². The van der Waals surface area contributed by atoms with E-state index in [1.807, 2.05) is 0 Å². The van der Waals surface area contributed by atoms with Crippen molar-refractivity contribution in [1.82, 2.24) is 10.2 Å². The van der Waals surface area contributed by atoms with E-state index in [2.05, 4.69) is 10.2 Å². The number of aromatic nitrogens is 1. The zero-order chi connectivity index (χ0) is 10.1. The standard InChI is InChI=1S/C8H14BN3O2/c1-9(13)12-5-2-3-6-7(4-5)14-8(10)11-6/h5,12-13H,2-4H2,1H3,(H2,10,11). The Kier molecular flexibility index (Phi) is 2.47. The summed E-state index contributed by atoms with van der Waals surface area (Å²) in [6, 6.07) is 0.502. The van der Waals surface area contributed by atoms with Crippen molar-refractivity contribution in [2.45, 2.75) is 32.1 Å². The number of nitrogen functional groups attached to an aromatic ring is 1. The Balaban J connectivity index is 2.05. The van der Waals surface area contributed by atoms with Crippen LogP contribution < -0.4 is 11.0 Å². The molecule has 0 aromatic carbocycles. The zero-order valence-corrected chi connectivity index (χ0v) is 8.16. The highest BCUT2D eigenvalue weighted by Crippen LogP contribution is 2.22. The molecule has 76 valence electrons. The second kappa shape index (κ2) is 3.63. The molecule has 1 aromatic rings. The first-order valence-electron chi connectivity index (χ1n) is 4.83. The van der Waals surface area contributed by atoms with Crippen LogP contribution in [0.15, 0.2) is 4.42 Å². The number of anilines is 1. The Bertz CT molecular complexity index is 326. The summed E-state index contributed by atoms with van der Waals surface area (Å²) in [5, 5.41) is 12.2. The van der Waals surface area contributed by atoms with E-state index in [4.69, 9.17) is 10.2 Å². The van der Waals surface area contributed by atoms with Gasteiger partial charge in [0.15, 0.2) is 0 Å². The van der Waals surface area contributed by atoms with E-state index in [0.717, 1.165) is 30.7 Å². The highest BCUT2D eigenvalue weighted by Gasteiger charge is 2.24. The van der Waals surface area contributed by atoms with Gasteiger partial charge in [0, 0.05) is 12.5 Å². The Labute approximate surface area is 82.8 Å². The summed E-state index contributed by atoms with van der Waals surface area (Å²) < 4.78 is 5.26. The van der Waals surface area contributed by atoms with Gasteiger partial charge in [-0.25, -0.2) is 0 Å². The average molecular weight is 195 g/mol. The predicted octanol–water partition coefficient (Wildman–Crippen LogP) is -0.186. The van der Waals surface area contributed by atoms with Crippen LogP contribution in [-0.4, -0.2) is 23.1 Å². The predicted molar refractivity (Wildman–Crippen MR) is 53.7 cm³/mol. The second-order valence-corrected chi connectivity index (χ2v) is 3.70. The molecule has 1 aromatic heterocycles. The lowest BCUT2D eigenvalue weighted by Crippen LogP contribution is -2.42. The zero-order valence-electron chi connectivity index (χ0n) is 8.16. The van der Waals surface area contributed by atoms with E-state index in [1.165, 1.54) is 0 Å². The molecule has 4 N–H and O–H groups in total. The molecule has 0 amide bonds. The van der Waals surface area contributed by atoms with Gasteiger partial charge in [0.05, 0.1) is 5.69 Å². The lowest BCUT2D eigenvalue weighted by Gasteiger charge is -2.21. The average Bonchev–Trinajstić information content (AvgIpc) is 2.42. The van der Waals surface area contributed by atoms with Crippen LogP contribution in [0.5, 0.6) is 0 Å². The van der Waals surface area contributed by atoms with Gasteiger partial charge in [-0.1, -0.05) is 0 Å². The summed E-state index contributed by atoms with van der Waals surface area (Å²) in [4.78, 5) is 4.09. The third-order valence-corrected chi connectivity index (χ3v) is 2.43. The maximum Gasteiger partial charge on any atom is 0.373 e. The molecule has 1 atom stereocenters. The molecule has 5 nitrogen and oxygen atoms in total. The number of nitrogens with two attached hydrogens (primary N) is 1. The lowest BCUT2D eigenvalue weighted by molar-refractivity contribution is 0.425. The molecule has 1 aliphatic carbocycles. The van der Waals surface area contributed by atoms with Crippen LogP contribution in [0, 0.1) is 0 Å². The molecule has 0 saturated carbocycles. The van der Waals surface area contributed by atoms with Crippen molar-refractivity contribution in [3.8, 4) is 0 Å². The van der Waals surface area contributed by atoms with Crippen LogP contribution in [0.3, 0.4) is 0 Å². The highest BCUT2D eigenvalue weighted by molar-refractivity contribution is 6.45. The molecule has 14 heavy (non-hydrogen) atoms. The molecule has 0 radical (unpaired) electrons. The van der Waals surface area contributed by atoms with Gasteiger partial charge in [0.2, 0.25) is 0 Å². The third-order valence-electron chi connectivity index (χ3n) is 2.43. The topological polar surface area (TPSA) is 84.3 Å². The number of rotatable bonds is 2. The minimum absolute atomic E-state index is 0.243. The summed E-state index contributed by atoms with van der Waals surface area (Å²) in [6.07, 6.45) is 2.58. The number of hydrogen-bond donors (Lipinski definition) is 3. The van der Waals surface area contributed by atoms with Gasteiger partial charge in [-0.2, -0.15) is 4.98 Å². The van der Waals surface area contributed by atoms with Gasteiger partial charge < -0.3 is 20.4 Å². The molecule has 1 unspecified atom stereocenters. The van der Waals surface area contributed by atoms with Gasteiger partial charge in [-0.05, 0) is 19.7 Å². The Morgan fingerprint density at radius 1 is 1.71 bits per heavy atom. The molecule has 0 aliphatic heterocycles. The van der Waals surface area contributed by atoms with Crippen LogP contribution in [0.1, 0.15) is 17.9 Å². The summed E-state index contributed by atoms with van der Waals surface area (Å²) >= 11 is 0. The van der Waals surface area contributed by atoms with E-state index >= 15 is 0 Å². The van der Waals surface area contributed by atoms with E-state index in [1.54, 1.807) is 6.82 Å². The molecule has 0 spiro atoms. The fourth-order valence-electron chi connectivity index (χ4n) is 1.88. The Hall–Kier alpha value is -1.01. The SMILES string of the molecule is CB(O)NC1CCc2nc(N)oc2C1. The first-order valence-corrected chi connectivity index (χ1v) is 4.83. The molecular formula is C8H14BN3O2. The third kappa shape index (κ3) is 1.91. The van der Waals surface area contributed by atoms with Crippen LogP contribution in [-0.2, 0) is 12.8 Å². The van der Waals surface area contributed by atoms with E-state index in [0.29, 0.717) is 0 Å². The molecule has 0 saturated heterocycles. The van der Waals surface area contributed by atoms with Crippen molar-refractivity contribution in [3.63, 3.8) is 0 Å². The van der Waals surface area contributed by atoms with Crippen molar-refractivity contribution in [3.05, 3.63) is 11.5 Å². The molecule has 0 bridgehead atoms. The largest absolute Gasteiger partial charge is 0.437 e. The van der Waals surface area contributed by atoms with Gasteiger partial charge in [0.25, 0.3) is 6.01 Å². The molecule has 1 heterocycles. The van der Waals surface area contributed by atoms with E-state index < -0.39 is 7.05 Å². The summed E-state index contributed by atoms with van der Waals surface area (Å²) in [5.41, 5.74) is 6.42. The number of fused-ring (bicyclic) bond motifs is 1. The van der Waals surface area contributed by atoms with Crippen LogP contribution in [0.25, 0.3) is 0 Å². The van der Waals surface area contributed by atoms with Crippen molar-refractivity contribution in [2.75, 3.05) is 5.73 Å². The van der Waals surface area contributed by atoms with E-state index in [-0.39, 0.29) is 12.1 Å². The minimum Gasteiger partial charge on any atom is -0.437 e. The monoisotopic (exact) mass is 195 g/mol. The Morgan fingerprint density at radius 2 is 2.50 bits per heavy atom. The number of hydrogen-bond acceptors (Lipinski definition) is 5. The lowest BCUT2D eigenvalue weighted by atomic mass is 9.84. The van der Waals surface area contributed by atoms with Crippen LogP contribution in [0.2, 0.25) is 6.82 Å². The summed E-state index contributed by atoms with van der Waals surface area (Å²) in [7, 11) is -0.484. The van der Waals surface area contributed by atoms with Crippen molar-refractivity contribution in [1.29, 1.82) is 0 Å². The van der Waals surface area contributed by atoms with Crippen molar-refractivity contribution in [2.24, 2.45) is 0 Å². The first-order chi connectivity index (χ1) is 6.65. The first kappa shape index (κ1) is 9.55. The highest BCUT2D eigenvalue weighted by atomic mass is 16.4. The van der Waals surface area contributed by atoms with Crippen molar-refractivity contribution < 1.29 is 9.44 Å². The van der Waals surface area contributed by atoms with Crippen LogP contribution in [0.4, 0.5) is 6.01 Å². The number of aryl methyl sites for hydroxylation is 1. The maximum absolute atomic E-state index is 9.18. The summed E-state index contributed by atoms with van der Waals surface area (Å²) in [5.74, 6) is 0.854. The van der Waals surface area contributed by atoms with Crippen molar-refractivity contribution >= 4 is 13.1 Å². The van der Waals surface area contributed by atoms with Gasteiger partial charge >= 0.3 is 7.05 Å². The molecule has 1 aliphatic rings. The van der Waals surface area contributed by atoms with Gasteiger partial charge in [-0.3, -0.25) is 0 Å². The molecule has 6 heteroatoms. The maximum atomic E-state index is 9.18. The smallest absolute Gasteiger partial charge is 0.373 e. The van der Waals surface area contributed by atoms with Gasteiger partial charge in [0.1, 0.15) is 5.76 Å². The second-order valence-electron chi connectivity index (χ2n) is 3.70. The molecular weight excluding hydrogens is 181 g/mol. The molecule has 2 rings (SSSR count). The minimum atomic E-state index is -0.484. The molecule has 0 fully saturated rings. The summed E-state index contributed by atoms with van der Waals surface area (Å²) in [6.45, 7) is 1.71. The van der Waals surface area contributed by atoms with Gasteiger partial charge in [-0.15, -0.1) is 0 Å². The number of nitrogens with one attached hydrogen (secondary N) is 1. The van der Waals surface area contributed by atoms with E-state index in [9.17, 15) is 5.02 Å². The normalized spacial score (nSPS) is 20.6. The number of nitrogens with zero attached hydrogens (tertiary/aromatic N) is 1. The quantitative estimate of drug-likeness (QED) is 0.569. The number of oxazole rings is 1. The Morgan fingerprint density at radius 3 is 3.21 bits per heavy atom.